The van der Waals surface area contributed by atoms with Crippen LogP contribution in [0.2, 0.25) is 0 Å². The van der Waals surface area contributed by atoms with Gasteiger partial charge in [0.05, 0.1) is 18.4 Å². The molecule has 21 heavy (non-hydrogen) atoms. The van der Waals surface area contributed by atoms with Gasteiger partial charge in [0, 0.05) is 12.6 Å². The number of hydrogen-bond acceptors (Lipinski definition) is 3. The number of ether oxygens (including phenoxy) is 1. The molecule has 1 rings (SSSR count). The molecule has 0 atom stereocenters. The van der Waals surface area contributed by atoms with Crippen LogP contribution in [-0.2, 0) is 0 Å². The van der Waals surface area contributed by atoms with Crippen LogP contribution in [0.15, 0.2) is 18.2 Å². The highest BCUT2D eigenvalue weighted by Crippen LogP contribution is 2.22. The van der Waals surface area contributed by atoms with Gasteiger partial charge in [-0.1, -0.05) is 6.92 Å². The van der Waals surface area contributed by atoms with Crippen LogP contribution in [-0.4, -0.2) is 41.7 Å². The van der Waals surface area contributed by atoms with Gasteiger partial charge >= 0.3 is 12.0 Å². The van der Waals surface area contributed by atoms with Crippen molar-refractivity contribution < 1.29 is 19.4 Å². The van der Waals surface area contributed by atoms with Gasteiger partial charge in [0.2, 0.25) is 0 Å². The maximum Gasteiger partial charge on any atom is 0.337 e. The van der Waals surface area contributed by atoms with E-state index in [0.717, 1.165) is 6.42 Å². The molecule has 1 aromatic rings. The summed E-state index contributed by atoms with van der Waals surface area (Å²) in [6.07, 6.45) is 0.833. The number of aromatic carboxylic acids is 1. The molecule has 0 spiro atoms. The van der Waals surface area contributed by atoms with Crippen molar-refractivity contribution in [2.75, 3.05) is 19.0 Å². The van der Waals surface area contributed by atoms with E-state index in [9.17, 15) is 14.7 Å². The predicted octanol–water partition coefficient (Wildman–Crippen LogP) is 3.05. The molecule has 1 aromatic carbocycles. The molecule has 6 nitrogen and oxygen atoms in total. The predicted molar refractivity (Wildman–Crippen MR) is 81.1 cm³/mol. The molecule has 0 radical (unpaired) electrons. The molecule has 0 aromatic heterocycles. The molecule has 0 bridgehead atoms. The first kappa shape index (κ1) is 16.8. The van der Waals surface area contributed by atoms with Crippen molar-refractivity contribution >= 4 is 17.7 Å². The Morgan fingerprint density at radius 2 is 2.05 bits per heavy atom. The molecule has 6 heteroatoms. The van der Waals surface area contributed by atoms with Crippen LogP contribution in [0.25, 0.3) is 0 Å². The smallest absolute Gasteiger partial charge is 0.337 e. The average molecular weight is 294 g/mol. The fourth-order valence-electron chi connectivity index (χ4n) is 1.96. The van der Waals surface area contributed by atoms with Crippen molar-refractivity contribution in [1.82, 2.24) is 4.90 Å². The van der Waals surface area contributed by atoms with Crippen molar-refractivity contribution in [2.24, 2.45) is 0 Å². The van der Waals surface area contributed by atoms with Gasteiger partial charge in [-0.05, 0) is 38.5 Å². The number of benzene rings is 1. The number of amides is 2. The van der Waals surface area contributed by atoms with Gasteiger partial charge in [-0.2, -0.15) is 0 Å². The summed E-state index contributed by atoms with van der Waals surface area (Å²) in [5, 5.41) is 11.9. The third kappa shape index (κ3) is 4.37. The zero-order valence-corrected chi connectivity index (χ0v) is 12.8. The number of methoxy groups -OCH3 is 1. The lowest BCUT2D eigenvalue weighted by atomic mass is 10.1. The normalized spacial score (nSPS) is 10.3. The van der Waals surface area contributed by atoms with Gasteiger partial charge in [-0.3, -0.25) is 0 Å². The summed E-state index contributed by atoms with van der Waals surface area (Å²) in [6, 6.07) is 4.26. The number of nitrogens with zero attached hydrogens (tertiary/aromatic N) is 1. The second-order valence-electron chi connectivity index (χ2n) is 4.93. The molecular formula is C15H22N2O4. The first-order valence-corrected chi connectivity index (χ1v) is 6.89. The van der Waals surface area contributed by atoms with Crippen LogP contribution in [0.5, 0.6) is 5.75 Å². The van der Waals surface area contributed by atoms with Crippen molar-refractivity contribution in [1.29, 1.82) is 0 Å². The third-order valence-corrected chi connectivity index (χ3v) is 3.05. The summed E-state index contributed by atoms with van der Waals surface area (Å²) in [5.74, 6) is -0.685. The van der Waals surface area contributed by atoms with E-state index in [1.54, 1.807) is 11.0 Å². The Balaban J connectivity index is 3.01. The quantitative estimate of drug-likeness (QED) is 0.845. The SMILES string of the molecule is CCCN(C(=O)Nc1ccc(OC)cc1C(=O)O)C(C)C. The third-order valence-electron chi connectivity index (χ3n) is 3.05. The van der Waals surface area contributed by atoms with Crippen LogP contribution in [0, 0.1) is 0 Å². The van der Waals surface area contributed by atoms with Gasteiger partial charge in [-0.15, -0.1) is 0 Å². The number of nitrogens with one attached hydrogen (secondary N) is 1. The number of carboxylic acid groups (broad SMARTS) is 1. The molecule has 2 N–H and O–H groups in total. The number of carbonyl (C=O) groups excluding carboxylic acids is 1. The van der Waals surface area contributed by atoms with Crippen LogP contribution >= 0.6 is 0 Å². The number of carbonyl (C=O) groups is 2. The molecule has 116 valence electrons. The van der Waals surface area contributed by atoms with Crippen molar-refractivity contribution in [3.8, 4) is 5.75 Å². The van der Waals surface area contributed by atoms with Crippen molar-refractivity contribution in [3.63, 3.8) is 0 Å². The molecular weight excluding hydrogens is 272 g/mol. The standard InChI is InChI=1S/C15H22N2O4/c1-5-8-17(10(2)3)15(20)16-13-7-6-11(21-4)9-12(13)14(18)19/h6-7,9-10H,5,8H2,1-4H3,(H,16,20)(H,18,19). The van der Waals surface area contributed by atoms with E-state index in [-0.39, 0.29) is 23.3 Å². The van der Waals surface area contributed by atoms with E-state index in [4.69, 9.17) is 4.74 Å². The molecule has 0 unspecified atom stereocenters. The van der Waals surface area contributed by atoms with Crippen molar-refractivity contribution in [3.05, 3.63) is 23.8 Å². The Kier molecular flexibility index (Phi) is 6.02. The Hall–Kier alpha value is -2.24. The number of carboxylic acids is 1. The molecule has 2 amide bonds. The molecule has 0 saturated carbocycles. The zero-order chi connectivity index (χ0) is 16.0. The first-order valence-electron chi connectivity index (χ1n) is 6.89. The Morgan fingerprint density at radius 1 is 1.38 bits per heavy atom. The van der Waals surface area contributed by atoms with E-state index < -0.39 is 5.97 Å². The molecule has 0 fully saturated rings. The highest BCUT2D eigenvalue weighted by Gasteiger charge is 2.19. The minimum atomic E-state index is -1.12. The summed E-state index contributed by atoms with van der Waals surface area (Å²) in [4.78, 5) is 25.2. The molecule has 0 aliphatic carbocycles. The zero-order valence-electron chi connectivity index (χ0n) is 12.8. The highest BCUT2D eigenvalue weighted by molar-refractivity contribution is 6.00. The van der Waals surface area contributed by atoms with Crippen LogP contribution in [0.1, 0.15) is 37.6 Å². The van der Waals surface area contributed by atoms with E-state index in [1.807, 2.05) is 20.8 Å². The summed E-state index contributed by atoms with van der Waals surface area (Å²) in [7, 11) is 1.46. The van der Waals surface area contributed by atoms with E-state index in [2.05, 4.69) is 5.32 Å². The van der Waals surface area contributed by atoms with Crippen LogP contribution in [0.4, 0.5) is 10.5 Å². The van der Waals surface area contributed by atoms with Gasteiger partial charge < -0.3 is 20.1 Å². The lowest BCUT2D eigenvalue weighted by Gasteiger charge is -2.26. The number of rotatable bonds is 6. The lowest BCUT2D eigenvalue weighted by molar-refractivity contribution is 0.0697. The number of hydrogen-bond donors (Lipinski definition) is 2. The monoisotopic (exact) mass is 294 g/mol. The first-order chi connectivity index (χ1) is 9.90. The van der Waals surface area contributed by atoms with Gasteiger partial charge in [0.25, 0.3) is 0 Å². The second kappa shape index (κ2) is 7.52. The minimum absolute atomic E-state index is 0.00269. The average Bonchev–Trinajstić information content (AvgIpc) is 2.44. The largest absolute Gasteiger partial charge is 0.497 e. The summed E-state index contributed by atoms with van der Waals surface area (Å²) < 4.78 is 5.00. The molecule has 0 saturated heterocycles. The van der Waals surface area contributed by atoms with Crippen LogP contribution in [0.3, 0.4) is 0 Å². The van der Waals surface area contributed by atoms with Crippen molar-refractivity contribution in [2.45, 2.75) is 33.2 Å². The van der Waals surface area contributed by atoms with Gasteiger partial charge in [0.1, 0.15) is 5.75 Å². The Labute approximate surface area is 124 Å². The summed E-state index contributed by atoms with van der Waals surface area (Å²) in [6.45, 7) is 6.43. The fraction of sp³-hybridized carbons (Fsp3) is 0.467. The van der Waals surface area contributed by atoms with E-state index >= 15 is 0 Å². The topological polar surface area (TPSA) is 78.9 Å². The lowest BCUT2D eigenvalue weighted by Crippen LogP contribution is -2.40. The number of urea groups is 1. The molecule has 0 aliphatic rings. The Morgan fingerprint density at radius 3 is 2.52 bits per heavy atom. The van der Waals surface area contributed by atoms with E-state index in [0.29, 0.717) is 12.3 Å². The fourth-order valence-corrected chi connectivity index (χ4v) is 1.96. The maximum atomic E-state index is 12.3. The summed E-state index contributed by atoms with van der Waals surface area (Å²) in [5.41, 5.74) is 0.262. The van der Waals surface area contributed by atoms with Gasteiger partial charge in [-0.25, -0.2) is 9.59 Å². The van der Waals surface area contributed by atoms with E-state index in [1.165, 1.54) is 19.2 Å². The molecule has 0 heterocycles. The maximum absolute atomic E-state index is 12.3. The molecule has 0 aliphatic heterocycles. The Bertz CT molecular complexity index is 514. The highest BCUT2D eigenvalue weighted by atomic mass is 16.5. The minimum Gasteiger partial charge on any atom is -0.497 e. The second-order valence-corrected chi connectivity index (χ2v) is 4.93. The number of anilines is 1. The summed E-state index contributed by atoms with van der Waals surface area (Å²) >= 11 is 0. The van der Waals surface area contributed by atoms with Crippen LogP contribution < -0.4 is 10.1 Å². The van der Waals surface area contributed by atoms with Gasteiger partial charge in [0.15, 0.2) is 0 Å².